The van der Waals surface area contributed by atoms with Crippen molar-refractivity contribution in [3.8, 4) is 11.8 Å². The smallest absolute Gasteiger partial charge is 0.126 e. The minimum atomic E-state index is 0.781. The molecule has 0 amide bonds. The van der Waals surface area contributed by atoms with Crippen molar-refractivity contribution in [2.45, 2.75) is 0 Å². The first-order valence-electron chi connectivity index (χ1n) is 3.57. The van der Waals surface area contributed by atoms with E-state index in [-0.39, 0.29) is 0 Å². The van der Waals surface area contributed by atoms with E-state index in [1.807, 2.05) is 30.3 Å². The average molecular weight is 159 g/mol. The van der Waals surface area contributed by atoms with Gasteiger partial charge in [-0.2, -0.15) is 5.26 Å². The molecule has 0 atom stereocenters. The summed E-state index contributed by atoms with van der Waals surface area (Å²) < 4.78 is 5.08. The first-order chi connectivity index (χ1) is 5.88. The van der Waals surface area contributed by atoms with Gasteiger partial charge in [-0.15, -0.1) is 0 Å². The number of benzene rings is 1. The van der Waals surface area contributed by atoms with Gasteiger partial charge in [-0.1, -0.05) is 18.2 Å². The molecule has 0 bridgehead atoms. The Balaban J connectivity index is 2.99. The van der Waals surface area contributed by atoms with E-state index in [0.717, 1.165) is 11.3 Å². The highest BCUT2D eigenvalue weighted by atomic mass is 16.5. The van der Waals surface area contributed by atoms with Crippen molar-refractivity contribution in [1.29, 1.82) is 5.26 Å². The molecule has 0 saturated carbocycles. The Bertz CT molecular complexity index is 323. The van der Waals surface area contributed by atoms with Crippen molar-refractivity contribution in [2.75, 3.05) is 7.11 Å². The van der Waals surface area contributed by atoms with Crippen LogP contribution in [-0.2, 0) is 0 Å². The predicted molar refractivity (Wildman–Crippen MR) is 47.6 cm³/mol. The van der Waals surface area contributed by atoms with Crippen LogP contribution in [0, 0.1) is 11.3 Å². The summed E-state index contributed by atoms with van der Waals surface area (Å²) in [6, 6.07) is 9.48. The third-order valence-corrected chi connectivity index (χ3v) is 1.48. The number of allylic oxidation sites excluding steroid dienone is 1. The highest BCUT2D eigenvalue weighted by Gasteiger charge is 1.94. The molecule has 2 heteroatoms. The summed E-state index contributed by atoms with van der Waals surface area (Å²) in [7, 11) is 1.61. The van der Waals surface area contributed by atoms with Crippen LogP contribution in [-0.4, -0.2) is 7.11 Å². The summed E-state index contributed by atoms with van der Waals surface area (Å²) in [6.07, 6.45) is 3.15. The van der Waals surface area contributed by atoms with Gasteiger partial charge in [-0.25, -0.2) is 0 Å². The second-order valence-electron chi connectivity index (χ2n) is 2.20. The highest BCUT2D eigenvalue weighted by molar-refractivity contribution is 5.58. The van der Waals surface area contributed by atoms with Crippen LogP contribution in [0.15, 0.2) is 30.3 Å². The van der Waals surface area contributed by atoms with Gasteiger partial charge in [-0.05, 0) is 12.1 Å². The van der Waals surface area contributed by atoms with Crippen LogP contribution in [0.2, 0.25) is 0 Å². The molecule has 2 nitrogen and oxygen atoms in total. The van der Waals surface area contributed by atoms with Crippen molar-refractivity contribution in [2.24, 2.45) is 0 Å². The molecule has 0 unspecified atom stereocenters. The van der Waals surface area contributed by atoms with E-state index in [0.29, 0.717) is 0 Å². The van der Waals surface area contributed by atoms with Gasteiger partial charge in [0.25, 0.3) is 0 Å². The molecule has 1 aromatic carbocycles. The fourth-order valence-electron chi connectivity index (χ4n) is 0.931. The number of nitriles is 1. The summed E-state index contributed by atoms with van der Waals surface area (Å²) in [6.45, 7) is 0. The van der Waals surface area contributed by atoms with E-state index in [4.69, 9.17) is 10.00 Å². The number of hydrogen-bond acceptors (Lipinski definition) is 2. The summed E-state index contributed by atoms with van der Waals surface area (Å²) >= 11 is 0. The quantitative estimate of drug-likeness (QED) is 0.620. The van der Waals surface area contributed by atoms with Crippen LogP contribution in [0.5, 0.6) is 5.75 Å². The molecule has 0 aliphatic carbocycles. The van der Waals surface area contributed by atoms with Gasteiger partial charge in [0, 0.05) is 11.6 Å². The highest BCUT2D eigenvalue weighted by Crippen LogP contribution is 2.18. The Morgan fingerprint density at radius 3 is 2.83 bits per heavy atom. The molecule has 0 fully saturated rings. The Hall–Kier alpha value is -1.75. The number of nitrogens with zero attached hydrogens (tertiary/aromatic N) is 1. The first-order valence-corrected chi connectivity index (χ1v) is 3.57. The second kappa shape index (κ2) is 4.20. The molecule has 60 valence electrons. The van der Waals surface area contributed by atoms with E-state index < -0.39 is 0 Å². The van der Waals surface area contributed by atoms with Crippen LogP contribution < -0.4 is 4.74 Å². The molecular weight excluding hydrogens is 150 g/mol. The maximum Gasteiger partial charge on any atom is 0.126 e. The van der Waals surface area contributed by atoms with Crippen molar-refractivity contribution in [3.05, 3.63) is 35.9 Å². The van der Waals surface area contributed by atoms with Crippen LogP contribution in [0.4, 0.5) is 0 Å². The number of methoxy groups -OCH3 is 1. The Labute approximate surface area is 71.7 Å². The van der Waals surface area contributed by atoms with E-state index in [1.165, 1.54) is 6.08 Å². The SMILES string of the molecule is COc1ccccc1/C=C\C#N. The predicted octanol–water partition coefficient (Wildman–Crippen LogP) is 2.23. The lowest BCUT2D eigenvalue weighted by Gasteiger charge is -2.01. The van der Waals surface area contributed by atoms with Crippen LogP contribution in [0.1, 0.15) is 5.56 Å². The third kappa shape index (κ3) is 1.86. The standard InChI is InChI=1S/C10H9NO/c1-12-10-7-3-2-5-9(10)6-4-8-11/h2-7H,1H3/b6-4-. The lowest BCUT2D eigenvalue weighted by Crippen LogP contribution is -1.84. The fraction of sp³-hybridized carbons (Fsp3) is 0.100. The summed E-state index contributed by atoms with van der Waals surface area (Å²) in [5.41, 5.74) is 0.918. The molecule has 0 heterocycles. The van der Waals surface area contributed by atoms with E-state index in [9.17, 15) is 0 Å². The first kappa shape index (κ1) is 8.35. The van der Waals surface area contributed by atoms with Gasteiger partial charge in [0.1, 0.15) is 5.75 Å². The van der Waals surface area contributed by atoms with Crippen LogP contribution in [0.3, 0.4) is 0 Å². The molecule has 0 N–H and O–H groups in total. The number of ether oxygens (including phenoxy) is 1. The molecule has 0 aromatic heterocycles. The largest absolute Gasteiger partial charge is 0.496 e. The normalized spacial score (nSPS) is 9.67. The number of hydrogen-bond donors (Lipinski definition) is 0. The molecular formula is C10H9NO. The average Bonchev–Trinajstić information content (AvgIpc) is 2.15. The summed E-state index contributed by atoms with van der Waals surface area (Å²) in [5, 5.41) is 8.31. The second-order valence-corrected chi connectivity index (χ2v) is 2.20. The van der Waals surface area contributed by atoms with Gasteiger partial charge in [0.15, 0.2) is 0 Å². The Kier molecular flexibility index (Phi) is 2.92. The fourth-order valence-corrected chi connectivity index (χ4v) is 0.931. The van der Waals surface area contributed by atoms with Gasteiger partial charge in [-0.3, -0.25) is 0 Å². The third-order valence-electron chi connectivity index (χ3n) is 1.48. The Morgan fingerprint density at radius 1 is 1.42 bits per heavy atom. The zero-order valence-electron chi connectivity index (χ0n) is 6.82. The molecule has 12 heavy (non-hydrogen) atoms. The lowest BCUT2D eigenvalue weighted by molar-refractivity contribution is 0.414. The zero-order chi connectivity index (χ0) is 8.81. The van der Waals surface area contributed by atoms with Gasteiger partial charge >= 0.3 is 0 Å². The van der Waals surface area contributed by atoms with Crippen molar-refractivity contribution in [3.63, 3.8) is 0 Å². The maximum atomic E-state index is 8.31. The van der Waals surface area contributed by atoms with Gasteiger partial charge in [0.05, 0.1) is 13.2 Å². The molecule has 0 aliphatic heterocycles. The number of para-hydroxylation sites is 1. The molecule has 0 radical (unpaired) electrons. The van der Waals surface area contributed by atoms with Crippen molar-refractivity contribution < 1.29 is 4.74 Å². The Morgan fingerprint density at radius 2 is 2.17 bits per heavy atom. The minimum absolute atomic E-state index is 0.781. The van der Waals surface area contributed by atoms with Gasteiger partial charge < -0.3 is 4.74 Å². The van der Waals surface area contributed by atoms with E-state index in [2.05, 4.69) is 0 Å². The molecule has 1 aromatic rings. The monoisotopic (exact) mass is 159 g/mol. The lowest BCUT2D eigenvalue weighted by atomic mass is 10.2. The zero-order valence-corrected chi connectivity index (χ0v) is 6.82. The van der Waals surface area contributed by atoms with E-state index >= 15 is 0 Å². The van der Waals surface area contributed by atoms with Crippen LogP contribution in [0.25, 0.3) is 6.08 Å². The minimum Gasteiger partial charge on any atom is -0.496 e. The maximum absolute atomic E-state index is 8.31. The molecule has 0 saturated heterocycles. The van der Waals surface area contributed by atoms with Gasteiger partial charge in [0.2, 0.25) is 0 Å². The van der Waals surface area contributed by atoms with Crippen molar-refractivity contribution in [1.82, 2.24) is 0 Å². The summed E-state index contributed by atoms with van der Waals surface area (Å²) in [5.74, 6) is 0.781. The van der Waals surface area contributed by atoms with Crippen LogP contribution >= 0.6 is 0 Å². The number of rotatable bonds is 2. The molecule has 1 rings (SSSR count). The van der Waals surface area contributed by atoms with Crippen molar-refractivity contribution >= 4 is 6.08 Å². The molecule has 0 aliphatic rings. The van der Waals surface area contributed by atoms with E-state index in [1.54, 1.807) is 13.2 Å². The summed E-state index contributed by atoms with van der Waals surface area (Å²) in [4.78, 5) is 0. The topological polar surface area (TPSA) is 33.0 Å². The molecule has 0 spiro atoms.